The van der Waals surface area contributed by atoms with Crippen molar-refractivity contribution < 1.29 is 0 Å². The van der Waals surface area contributed by atoms with Crippen molar-refractivity contribution in [2.24, 2.45) is 0 Å². The minimum absolute atomic E-state index is 0.0345. The molecule has 4 aromatic rings. The first-order valence-corrected chi connectivity index (χ1v) is 11.8. The van der Waals surface area contributed by atoms with Crippen molar-refractivity contribution in [2.75, 3.05) is 11.9 Å². The zero-order valence-electron chi connectivity index (χ0n) is 18.7. The Morgan fingerprint density at radius 1 is 1.15 bits per heavy atom. The molecule has 33 heavy (non-hydrogen) atoms. The Morgan fingerprint density at radius 3 is 2.91 bits per heavy atom. The molecule has 0 radical (unpaired) electrons. The highest BCUT2D eigenvalue weighted by Gasteiger charge is 2.31. The molecule has 2 N–H and O–H groups in total. The predicted octanol–water partition coefficient (Wildman–Crippen LogP) is 3.65. The van der Waals surface area contributed by atoms with E-state index in [1.165, 1.54) is 11.1 Å². The normalized spacial score (nSPS) is 15.5. The fourth-order valence-electron chi connectivity index (χ4n) is 4.63. The van der Waals surface area contributed by atoms with Gasteiger partial charge in [-0.25, -0.2) is 14.3 Å². The Morgan fingerprint density at radius 2 is 2.06 bits per heavy atom. The van der Waals surface area contributed by atoms with Crippen molar-refractivity contribution in [3.63, 3.8) is 0 Å². The number of benzene rings is 1. The van der Waals surface area contributed by atoms with Crippen LogP contribution in [0.15, 0.2) is 47.5 Å². The minimum atomic E-state index is -0.0345. The monoisotopic (exact) mass is 441 g/mol. The summed E-state index contributed by atoms with van der Waals surface area (Å²) >= 11 is 0. The van der Waals surface area contributed by atoms with Crippen LogP contribution in [0.3, 0.4) is 0 Å². The highest BCUT2D eigenvalue weighted by Crippen LogP contribution is 2.35. The molecule has 1 aliphatic carbocycles. The average Bonchev–Trinajstić information content (AvgIpc) is 3.63. The number of aromatic nitrogens is 5. The summed E-state index contributed by atoms with van der Waals surface area (Å²) in [5.41, 5.74) is 6.14. The molecule has 0 atom stereocenters. The first-order valence-electron chi connectivity index (χ1n) is 11.8. The Balaban J connectivity index is 1.44. The smallest absolute Gasteiger partial charge is 0.278 e. The van der Waals surface area contributed by atoms with Crippen molar-refractivity contribution in [2.45, 2.75) is 51.6 Å². The Hall–Kier alpha value is -3.52. The number of nitrogens with one attached hydrogen (secondary N) is 2. The summed E-state index contributed by atoms with van der Waals surface area (Å²) in [7, 11) is 0. The standard InChI is InChI=1S/C25H27N7O/c1-2-3-18-13-21(9-11-27-18)31-23-22(24(33)32(31)20-6-7-20)15-28-25(30-23)29-19-5-4-16-8-10-26-14-17(16)12-19/h4-5,9,11-13,15,20,26H,2-3,6-8,10,14H2,1H3,(H,28,29,30). The van der Waals surface area contributed by atoms with Gasteiger partial charge in [-0.15, -0.1) is 0 Å². The van der Waals surface area contributed by atoms with Gasteiger partial charge in [0.25, 0.3) is 5.56 Å². The summed E-state index contributed by atoms with van der Waals surface area (Å²) in [6.45, 7) is 4.03. The van der Waals surface area contributed by atoms with Gasteiger partial charge in [0.05, 0.1) is 11.7 Å². The second-order valence-electron chi connectivity index (χ2n) is 8.91. The van der Waals surface area contributed by atoms with E-state index in [1.807, 2.05) is 21.6 Å². The van der Waals surface area contributed by atoms with E-state index in [0.29, 0.717) is 17.0 Å². The third-order valence-corrected chi connectivity index (χ3v) is 6.42. The lowest BCUT2D eigenvalue weighted by atomic mass is 10.0. The lowest BCUT2D eigenvalue weighted by Crippen LogP contribution is -2.23. The largest absolute Gasteiger partial charge is 0.324 e. The molecule has 1 aromatic carbocycles. The van der Waals surface area contributed by atoms with Gasteiger partial charge in [0, 0.05) is 30.3 Å². The van der Waals surface area contributed by atoms with E-state index in [9.17, 15) is 4.79 Å². The van der Waals surface area contributed by atoms with Gasteiger partial charge in [-0.05, 0) is 67.6 Å². The van der Waals surface area contributed by atoms with E-state index in [2.05, 4.69) is 51.8 Å². The van der Waals surface area contributed by atoms with E-state index in [0.717, 1.165) is 62.3 Å². The van der Waals surface area contributed by atoms with Crippen LogP contribution in [-0.2, 0) is 19.4 Å². The molecule has 8 nitrogen and oxygen atoms in total. The van der Waals surface area contributed by atoms with Gasteiger partial charge >= 0.3 is 0 Å². The molecule has 0 saturated heterocycles. The lowest BCUT2D eigenvalue weighted by molar-refractivity contribution is 0.559. The van der Waals surface area contributed by atoms with Crippen molar-refractivity contribution in [3.05, 3.63) is 69.9 Å². The van der Waals surface area contributed by atoms with Gasteiger partial charge < -0.3 is 10.6 Å². The summed E-state index contributed by atoms with van der Waals surface area (Å²) in [4.78, 5) is 27.0. The molecule has 1 saturated carbocycles. The molecule has 6 rings (SSSR count). The first-order chi connectivity index (χ1) is 16.2. The van der Waals surface area contributed by atoms with Crippen LogP contribution in [0.1, 0.15) is 49.0 Å². The van der Waals surface area contributed by atoms with Crippen LogP contribution in [-0.4, -0.2) is 30.9 Å². The zero-order chi connectivity index (χ0) is 22.4. The first kappa shape index (κ1) is 20.1. The number of hydrogen-bond donors (Lipinski definition) is 2. The van der Waals surface area contributed by atoms with E-state index in [1.54, 1.807) is 6.20 Å². The minimum Gasteiger partial charge on any atom is -0.324 e. The van der Waals surface area contributed by atoms with Gasteiger partial charge in [0.15, 0.2) is 5.65 Å². The molecule has 0 unspecified atom stereocenters. The maximum atomic E-state index is 13.3. The van der Waals surface area contributed by atoms with Crippen molar-refractivity contribution in [3.8, 4) is 5.69 Å². The molecular weight excluding hydrogens is 414 g/mol. The van der Waals surface area contributed by atoms with E-state index < -0.39 is 0 Å². The highest BCUT2D eigenvalue weighted by molar-refractivity contribution is 5.77. The number of fused-ring (bicyclic) bond motifs is 2. The van der Waals surface area contributed by atoms with E-state index >= 15 is 0 Å². The fourth-order valence-corrected chi connectivity index (χ4v) is 4.63. The van der Waals surface area contributed by atoms with Crippen LogP contribution in [0, 0.1) is 0 Å². The quantitative estimate of drug-likeness (QED) is 0.475. The van der Waals surface area contributed by atoms with Gasteiger partial charge in [0.1, 0.15) is 5.39 Å². The molecule has 2 aliphatic rings. The van der Waals surface area contributed by atoms with E-state index in [-0.39, 0.29) is 11.6 Å². The highest BCUT2D eigenvalue weighted by atomic mass is 16.1. The Labute approximate surface area is 191 Å². The molecule has 1 aliphatic heterocycles. The number of nitrogens with zero attached hydrogens (tertiary/aromatic N) is 5. The molecular formula is C25H27N7O. The number of hydrogen-bond acceptors (Lipinski definition) is 6. The number of pyridine rings is 1. The second kappa shape index (κ2) is 8.12. The van der Waals surface area contributed by atoms with Crippen LogP contribution >= 0.6 is 0 Å². The molecule has 4 heterocycles. The number of anilines is 2. The Bertz CT molecular complexity index is 1400. The van der Waals surface area contributed by atoms with Crippen LogP contribution in [0.25, 0.3) is 16.7 Å². The predicted molar refractivity (Wildman–Crippen MR) is 128 cm³/mol. The maximum absolute atomic E-state index is 13.3. The van der Waals surface area contributed by atoms with Crippen molar-refractivity contribution in [1.29, 1.82) is 0 Å². The van der Waals surface area contributed by atoms with Crippen LogP contribution < -0.4 is 16.2 Å². The third kappa shape index (κ3) is 3.70. The molecule has 0 spiro atoms. The topological polar surface area (TPSA) is 89.7 Å². The second-order valence-corrected chi connectivity index (χ2v) is 8.91. The van der Waals surface area contributed by atoms with Gasteiger partial charge in [-0.3, -0.25) is 9.78 Å². The van der Waals surface area contributed by atoms with Gasteiger partial charge in [-0.2, -0.15) is 4.98 Å². The van der Waals surface area contributed by atoms with Gasteiger partial charge in [-0.1, -0.05) is 19.4 Å². The molecule has 168 valence electrons. The molecule has 1 fully saturated rings. The zero-order valence-corrected chi connectivity index (χ0v) is 18.7. The summed E-state index contributed by atoms with van der Waals surface area (Å²) < 4.78 is 3.80. The fraction of sp³-hybridized carbons (Fsp3) is 0.360. The van der Waals surface area contributed by atoms with Gasteiger partial charge in [0.2, 0.25) is 5.95 Å². The summed E-state index contributed by atoms with van der Waals surface area (Å²) in [5.74, 6) is 0.482. The average molecular weight is 442 g/mol. The Kier molecular flexibility index (Phi) is 4.95. The summed E-state index contributed by atoms with van der Waals surface area (Å²) in [6, 6.07) is 10.6. The molecule has 8 heteroatoms. The van der Waals surface area contributed by atoms with E-state index in [4.69, 9.17) is 4.98 Å². The number of aryl methyl sites for hydroxylation is 1. The molecule has 3 aromatic heterocycles. The SMILES string of the molecule is CCCc1cc(-n2c3nc(Nc4ccc5c(c4)CNCC5)ncc3c(=O)n2C2CC2)ccn1. The maximum Gasteiger partial charge on any atom is 0.278 e. The van der Waals surface area contributed by atoms with Crippen molar-refractivity contribution >= 4 is 22.7 Å². The van der Waals surface area contributed by atoms with Crippen LogP contribution in [0.5, 0.6) is 0 Å². The summed E-state index contributed by atoms with van der Waals surface area (Å²) in [6.07, 6.45) is 8.44. The third-order valence-electron chi connectivity index (χ3n) is 6.42. The number of rotatable bonds is 6. The molecule has 0 amide bonds. The van der Waals surface area contributed by atoms with Crippen LogP contribution in [0.4, 0.5) is 11.6 Å². The van der Waals surface area contributed by atoms with Crippen LogP contribution in [0.2, 0.25) is 0 Å². The van der Waals surface area contributed by atoms with Crippen molar-refractivity contribution in [1.82, 2.24) is 29.6 Å². The molecule has 0 bridgehead atoms. The summed E-state index contributed by atoms with van der Waals surface area (Å²) in [5, 5.41) is 7.30. The lowest BCUT2D eigenvalue weighted by Gasteiger charge is -2.18.